The number of nitrogens with zero attached hydrogens (tertiary/aromatic N) is 2. The lowest BCUT2D eigenvalue weighted by Crippen LogP contribution is -1.96. The molecule has 0 unspecified atom stereocenters. The van der Waals surface area contributed by atoms with Gasteiger partial charge in [0.05, 0.1) is 11.2 Å². The van der Waals surface area contributed by atoms with Crippen molar-refractivity contribution >= 4 is 27.3 Å². The fourth-order valence-electron chi connectivity index (χ4n) is 4.42. The molecule has 0 aliphatic rings. The number of pyridine rings is 1. The van der Waals surface area contributed by atoms with E-state index in [2.05, 4.69) is 92.8 Å². The maximum Gasteiger partial charge on any atom is 0.146 e. The quantitative estimate of drug-likeness (QED) is 0.314. The maximum atomic E-state index is 5.15. The van der Waals surface area contributed by atoms with E-state index in [9.17, 15) is 0 Å². The molecule has 0 aliphatic carbocycles. The zero-order valence-corrected chi connectivity index (χ0v) is 16.2. The number of fused-ring (bicyclic) bond motifs is 6. The largest absolute Gasteiger partial charge is 0.295 e. The van der Waals surface area contributed by atoms with Gasteiger partial charge in [0.1, 0.15) is 5.65 Å². The minimum absolute atomic E-state index is 1.04. The Bertz CT molecular complexity index is 1360. The van der Waals surface area contributed by atoms with E-state index in [1.165, 1.54) is 49.6 Å². The Kier molecular flexibility index (Phi) is 3.38. The summed E-state index contributed by atoms with van der Waals surface area (Å²) in [5, 5.41) is 3.78. The Morgan fingerprint density at radius 1 is 0.704 bits per heavy atom. The number of aromatic nitrogens is 2. The molecule has 0 saturated heterocycles. The highest BCUT2D eigenvalue weighted by atomic mass is 15.0. The third-order valence-electron chi connectivity index (χ3n) is 5.63. The first-order valence-electron chi connectivity index (χ1n) is 9.43. The highest BCUT2D eigenvalue weighted by molar-refractivity contribution is 6.13. The Labute approximate surface area is 159 Å². The van der Waals surface area contributed by atoms with Crippen LogP contribution in [0.25, 0.3) is 38.6 Å². The van der Waals surface area contributed by atoms with E-state index in [-0.39, 0.29) is 0 Å². The van der Waals surface area contributed by atoms with Gasteiger partial charge in [-0.2, -0.15) is 0 Å². The first kappa shape index (κ1) is 16.1. The van der Waals surface area contributed by atoms with Crippen molar-refractivity contribution in [1.29, 1.82) is 0 Å². The van der Waals surface area contributed by atoms with E-state index in [0.717, 1.165) is 11.3 Å². The number of aryl methyl sites for hydroxylation is 4. The molecular weight excluding hydrogens is 328 g/mol. The topological polar surface area (TPSA) is 17.3 Å². The zero-order valence-electron chi connectivity index (χ0n) is 16.2. The van der Waals surface area contributed by atoms with Gasteiger partial charge in [0.2, 0.25) is 0 Å². The van der Waals surface area contributed by atoms with Gasteiger partial charge in [0, 0.05) is 22.0 Å². The monoisotopic (exact) mass is 350 g/mol. The van der Waals surface area contributed by atoms with Gasteiger partial charge in [-0.1, -0.05) is 60.2 Å². The molecule has 3 aromatic carbocycles. The number of benzene rings is 3. The third-order valence-corrected chi connectivity index (χ3v) is 5.63. The van der Waals surface area contributed by atoms with Crippen molar-refractivity contribution in [3.8, 4) is 11.3 Å². The highest BCUT2D eigenvalue weighted by Gasteiger charge is 2.18. The van der Waals surface area contributed by atoms with E-state index in [4.69, 9.17) is 4.98 Å². The normalized spacial score (nSPS) is 11.7. The predicted molar refractivity (Wildman–Crippen MR) is 115 cm³/mol. The Morgan fingerprint density at radius 3 is 2.19 bits per heavy atom. The number of hydrogen-bond donors (Lipinski definition) is 0. The Morgan fingerprint density at radius 2 is 1.41 bits per heavy atom. The highest BCUT2D eigenvalue weighted by Crippen LogP contribution is 2.36. The van der Waals surface area contributed by atoms with E-state index in [1.807, 2.05) is 0 Å². The summed E-state index contributed by atoms with van der Waals surface area (Å²) < 4.78 is 2.36. The zero-order chi connectivity index (χ0) is 18.7. The van der Waals surface area contributed by atoms with Gasteiger partial charge in [0.25, 0.3) is 0 Å². The Balaban J connectivity index is 2.06. The van der Waals surface area contributed by atoms with Crippen molar-refractivity contribution in [2.45, 2.75) is 27.7 Å². The SMILES string of the molecule is Cc1cc(C)c2c(c1)c1ccccc1c1nc(-c3ccccc3C)c(C)n12. The summed E-state index contributed by atoms with van der Waals surface area (Å²) in [6.07, 6.45) is 0. The molecule has 5 aromatic rings. The summed E-state index contributed by atoms with van der Waals surface area (Å²) >= 11 is 0. The lowest BCUT2D eigenvalue weighted by atomic mass is 10.0. The van der Waals surface area contributed by atoms with Crippen LogP contribution in [0.4, 0.5) is 0 Å². The standard InChI is InChI=1S/C25H22N2/c1-15-13-17(3)24-22(14-15)20-11-7-8-12-21(20)25-26-23(18(4)27(24)25)19-10-6-5-9-16(19)2/h5-14H,1-4H3. The molecule has 2 heterocycles. The van der Waals surface area contributed by atoms with Gasteiger partial charge in [-0.05, 0) is 50.3 Å². The van der Waals surface area contributed by atoms with E-state index in [1.54, 1.807) is 0 Å². The number of rotatable bonds is 1. The smallest absolute Gasteiger partial charge is 0.146 e. The number of imidazole rings is 1. The van der Waals surface area contributed by atoms with Crippen LogP contribution in [0.5, 0.6) is 0 Å². The minimum atomic E-state index is 1.04. The summed E-state index contributed by atoms with van der Waals surface area (Å²) in [7, 11) is 0. The lowest BCUT2D eigenvalue weighted by molar-refractivity contribution is 1.16. The maximum absolute atomic E-state index is 5.15. The summed E-state index contributed by atoms with van der Waals surface area (Å²) in [5.41, 5.74) is 9.62. The van der Waals surface area contributed by atoms with Crippen molar-refractivity contribution in [1.82, 2.24) is 9.38 Å². The second-order valence-electron chi connectivity index (χ2n) is 7.54. The van der Waals surface area contributed by atoms with Gasteiger partial charge < -0.3 is 0 Å². The number of hydrogen-bond acceptors (Lipinski definition) is 1. The van der Waals surface area contributed by atoms with Gasteiger partial charge in [0.15, 0.2) is 0 Å². The van der Waals surface area contributed by atoms with Gasteiger partial charge in [-0.3, -0.25) is 4.40 Å². The molecule has 2 nitrogen and oxygen atoms in total. The Hall–Kier alpha value is -3.13. The van der Waals surface area contributed by atoms with Crippen LogP contribution in [0.15, 0.2) is 60.7 Å². The van der Waals surface area contributed by atoms with Crippen molar-refractivity contribution in [3.05, 3.63) is 83.0 Å². The third kappa shape index (κ3) is 2.23. The molecule has 0 fully saturated rings. The molecular formula is C25H22N2. The molecule has 0 N–H and O–H groups in total. The second kappa shape index (κ2) is 5.68. The molecule has 5 rings (SSSR count). The van der Waals surface area contributed by atoms with Crippen molar-refractivity contribution in [3.63, 3.8) is 0 Å². The van der Waals surface area contributed by atoms with Crippen LogP contribution in [0, 0.1) is 27.7 Å². The summed E-state index contributed by atoms with van der Waals surface area (Å²) in [6.45, 7) is 8.72. The van der Waals surface area contributed by atoms with E-state index < -0.39 is 0 Å². The van der Waals surface area contributed by atoms with Gasteiger partial charge in [-0.25, -0.2) is 4.98 Å². The molecule has 0 spiro atoms. The van der Waals surface area contributed by atoms with Crippen LogP contribution in [-0.2, 0) is 0 Å². The van der Waals surface area contributed by atoms with Crippen molar-refractivity contribution in [2.75, 3.05) is 0 Å². The molecule has 0 aliphatic heterocycles. The lowest BCUT2D eigenvalue weighted by Gasteiger charge is -2.13. The van der Waals surface area contributed by atoms with Crippen LogP contribution < -0.4 is 0 Å². The molecule has 2 heteroatoms. The van der Waals surface area contributed by atoms with Crippen molar-refractivity contribution in [2.24, 2.45) is 0 Å². The molecule has 2 aromatic heterocycles. The molecule has 0 radical (unpaired) electrons. The molecule has 0 saturated carbocycles. The first-order chi connectivity index (χ1) is 13.1. The second-order valence-corrected chi connectivity index (χ2v) is 7.54. The molecule has 0 amide bonds. The average Bonchev–Trinajstić information content (AvgIpc) is 2.99. The van der Waals surface area contributed by atoms with Crippen LogP contribution in [-0.4, -0.2) is 9.38 Å². The van der Waals surface area contributed by atoms with Crippen LogP contribution in [0.2, 0.25) is 0 Å². The van der Waals surface area contributed by atoms with Gasteiger partial charge >= 0.3 is 0 Å². The van der Waals surface area contributed by atoms with Crippen LogP contribution in [0.3, 0.4) is 0 Å². The van der Waals surface area contributed by atoms with Crippen LogP contribution >= 0.6 is 0 Å². The fourth-order valence-corrected chi connectivity index (χ4v) is 4.42. The summed E-state index contributed by atoms with van der Waals surface area (Å²) in [5.74, 6) is 0. The molecule has 0 atom stereocenters. The van der Waals surface area contributed by atoms with Gasteiger partial charge in [-0.15, -0.1) is 0 Å². The first-order valence-corrected chi connectivity index (χ1v) is 9.43. The van der Waals surface area contributed by atoms with E-state index in [0.29, 0.717) is 0 Å². The molecule has 0 bridgehead atoms. The summed E-state index contributed by atoms with van der Waals surface area (Å²) in [6, 6.07) is 21.7. The van der Waals surface area contributed by atoms with Crippen LogP contribution in [0.1, 0.15) is 22.4 Å². The predicted octanol–water partition coefficient (Wildman–Crippen LogP) is 6.54. The molecule has 132 valence electrons. The average molecular weight is 350 g/mol. The van der Waals surface area contributed by atoms with E-state index >= 15 is 0 Å². The minimum Gasteiger partial charge on any atom is -0.295 e. The molecule has 27 heavy (non-hydrogen) atoms. The summed E-state index contributed by atoms with van der Waals surface area (Å²) in [4.78, 5) is 5.15. The van der Waals surface area contributed by atoms with Crippen molar-refractivity contribution < 1.29 is 0 Å². The fraction of sp³-hybridized carbons (Fsp3) is 0.160.